The smallest absolute Gasteiger partial charge is 0.320 e. The molecule has 0 bridgehead atoms. The fourth-order valence-corrected chi connectivity index (χ4v) is 1.26. The molecule has 72 valence electrons. The highest BCUT2D eigenvalue weighted by molar-refractivity contribution is 7.98. The Morgan fingerprint density at radius 2 is 2.25 bits per heavy atom. The summed E-state index contributed by atoms with van der Waals surface area (Å²) in [7, 11) is 1.85. The molecule has 1 N–H and O–H groups in total. The maximum atomic E-state index is 10.5. The molecule has 0 fully saturated rings. The molecule has 0 aromatic carbocycles. The minimum absolute atomic E-state index is 0.369. The third-order valence-corrected chi connectivity index (χ3v) is 2.57. The Balaban J connectivity index is 3.56. The zero-order valence-electron chi connectivity index (χ0n) is 7.91. The fourth-order valence-electron chi connectivity index (χ4n) is 0.840. The van der Waals surface area contributed by atoms with Gasteiger partial charge in [0.1, 0.15) is 6.04 Å². The predicted octanol–water partition coefficient (Wildman–Crippen LogP) is 1.14. The second-order valence-electron chi connectivity index (χ2n) is 2.84. The molecule has 0 aromatic rings. The van der Waals surface area contributed by atoms with E-state index in [1.165, 1.54) is 0 Å². The van der Waals surface area contributed by atoms with Gasteiger partial charge in [-0.1, -0.05) is 0 Å². The van der Waals surface area contributed by atoms with Gasteiger partial charge in [-0.2, -0.15) is 11.8 Å². The number of carbonyl (C=O) groups is 1. The first kappa shape index (κ1) is 11.8. The molecule has 3 nitrogen and oxygen atoms in total. The van der Waals surface area contributed by atoms with Crippen LogP contribution in [0.1, 0.15) is 13.3 Å². The lowest BCUT2D eigenvalue weighted by Gasteiger charge is -2.20. The number of thioether (sulfide) groups is 1. The van der Waals surface area contributed by atoms with Gasteiger partial charge in [0.2, 0.25) is 0 Å². The number of carboxylic acid groups (broad SMARTS) is 1. The third kappa shape index (κ3) is 4.62. The van der Waals surface area contributed by atoms with Crippen LogP contribution in [-0.2, 0) is 4.79 Å². The lowest BCUT2D eigenvalue weighted by atomic mass is 10.3. The summed E-state index contributed by atoms with van der Waals surface area (Å²) in [6, 6.07) is -0.369. The van der Waals surface area contributed by atoms with Crippen LogP contribution in [0.25, 0.3) is 0 Å². The van der Waals surface area contributed by atoms with E-state index >= 15 is 0 Å². The number of nitrogens with zero attached hydrogens (tertiary/aromatic N) is 1. The topological polar surface area (TPSA) is 40.5 Å². The minimum Gasteiger partial charge on any atom is -0.480 e. The van der Waals surface area contributed by atoms with Crippen molar-refractivity contribution in [3.63, 3.8) is 0 Å². The highest BCUT2D eigenvalue weighted by atomic mass is 32.2. The van der Waals surface area contributed by atoms with Crippen LogP contribution in [0.3, 0.4) is 0 Å². The molecule has 1 unspecified atom stereocenters. The minimum atomic E-state index is -0.748. The van der Waals surface area contributed by atoms with Crippen molar-refractivity contribution in [3.8, 4) is 0 Å². The molecule has 0 aliphatic heterocycles. The van der Waals surface area contributed by atoms with Crippen LogP contribution in [0.5, 0.6) is 0 Å². The highest BCUT2D eigenvalue weighted by Gasteiger charge is 2.15. The van der Waals surface area contributed by atoms with Gasteiger partial charge >= 0.3 is 5.97 Å². The van der Waals surface area contributed by atoms with Gasteiger partial charge in [0, 0.05) is 0 Å². The second kappa shape index (κ2) is 6.31. The van der Waals surface area contributed by atoms with Crippen molar-refractivity contribution in [3.05, 3.63) is 0 Å². The van der Waals surface area contributed by atoms with Gasteiger partial charge in [0.05, 0.1) is 0 Å². The monoisotopic (exact) mass is 191 g/mol. The van der Waals surface area contributed by atoms with Gasteiger partial charge < -0.3 is 5.11 Å². The van der Waals surface area contributed by atoms with Gasteiger partial charge in [0.25, 0.3) is 0 Å². The molecule has 1 atom stereocenters. The summed E-state index contributed by atoms with van der Waals surface area (Å²) >= 11 is 1.79. The van der Waals surface area contributed by atoms with E-state index in [0.29, 0.717) is 0 Å². The maximum Gasteiger partial charge on any atom is 0.320 e. The molecule has 12 heavy (non-hydrogen) atoms. The summed E-state index contributed by atoms with van der Waals surface area (Å²) in [5.41, 5.74) is 0. The molecule has 0 spiro atoms. The van der Waals surface area contributed by atoms with Gasteiger partial charge in [-0.15, -0.1) is 0 Å². The van der Waals surface area contributed by atoms with Crippen LogP contribution in [-0.4, -0.2) is 47.6 Å². The molecule has 4 heteroatoms. The Morgan fingerprint density at radius 1 is 1.67 bits per heavy atom. The van der Waals surface area contributed by atoms with Crippen molar-refractivity contribution in [1.29, 1.82) is 0 Å². The molecule has 0 radical (unpaired) electrons. The van der Waals surface area contributed by atoms with E-state index in [9.17, 15) is 4.79 Å². The second-order valence-corrected chi connectivity index (χ2v) is 3.83. The molecular formula is C8H17NO2S. The van der Waals surface area contributed by atoms with Crippen LogP contribution in [0.4, 0.5) is 0 Å². The van der Waals surface area contributed by atoms with Crippen molar-refractivity contribution in [1.82, 2.24) is 4.90 Å². The van der Waals surface area contributed by atoms with Crippen molar-refractivity contribution in [2.45, 2.75) is 19.4 Å². The number of aliphatic carboxylic acids is 1. The molecule has 0 aliphatic rings. The molecule has 0 amide bonds. The SMILES string of the molecule is CSCCCN(C)C(C)C(=O)O. The Bertz CT molecular complexity index is 141. The molecule has 0 aliphatic carbocycles. The van der Waals surface area contributed by atoms with Crippen molar-refractivity contribution in [2.75, 3.05) is 25.6 Å². The lowest BCUT2D eigenvalue weighted by Crippen LogP contribution is -2.36. The average molecular weight is 191 g/mol. The summed E-state index contributed by atoms with van der Waals surface area (Å²) < 4.78 is 0. The van der Waals surface area contributed by atoms with Crippen LogP contribution >= 0.6 is 11.8 Å². The normalized spacial score (nSPS) is 13.3. The summed E-state index contributed by atoms with van der Waals surface area (Å²) in [4.78, 5) is 12.4. The summed E-state index contributed by atoms with van der Waals surface area (Å²) in [6.45, 7) is 2.57. The van der Waals surface area contributed by atoms with E-state index in [-0.39, 0.29) is 6.04 Å². The standard InChI is InChI=1S/C8H17NO2S/c1-7(8(10)11)9(2)5-4-6-12-3/h7H,4-6H2,1-3H3,(H,10,11). The van der Waals surface area contributed by atoms with Crippen LogP contribution < -0.4 is 0 Å². The van der Waals surface area contributed by atoms with E-state index in [0.717, 1.165) is 18.7 Å². The predicted molar refractivity (Wildman–Crippen MR) is 52.7 cm³/mol. The van der Waals surface area contributed by atoms with Gasteiger partial charge in [0.15, 0.2) is 0 Å². The van der Waals surface area contributed by atoms with Crippen molar-refractivity contribution in [2.24, 2.45) is 0 Å². The Morgan fingerprint density at radius 3 is 2.67 bits per heavy atom. The highest BCUT2D eigenvalue weighted by Crippen LogP contribution is 2.00. The number of rotatable bonds is 6. The summed E-state index contributed by atoms with van der Waals surface area (Å²) in [5.74, 6) is 0.345. The first-order valence-electron chi connectivity index (χ1n) is 4.01. The average Bonchev–Trinajstić information content (AvgIpc) is 2.03. The molecule has 0 saturated heterocycles. The van der Waals surface area contributed by atoms with E-state index in [4.69, 9.17) is 5.11 Å². The fraction of sp³-hybridized carbons (Fsp3) is 0.875. The molecular weight excluding hydrogens is 174 g/mol. The van der Waals surface area contributed by atoms with Gasteiger partial charge in [-0.05, 0) is 38.9 Å². The van der Waals surface area contributed by atoms with Crippen LogP contribution in [0.2, 0.25) is 0 Å². The summed E-state index contributed by atoms with van der Waals surface area (Å²) in [6.07, 6.45) is 3.11. The number of carboxylic acids is 1. The number of likely N-dealkylation sites (N-methyl/N-ethyl adjacent to an activating group) is 1. The maximum absolute atomic E-state index is 10.5. The Labute approximate surface area is 78.1 Å². The van der Waals surface area contributed by atoms with E-state index in [1.54, 1.807) is 18.7 Å². The van der Waals surface area contributed by atoms with E-state index < -0.39 is 5.97 Å². The van der Waals surface area contributed by atoms with E-state index in [2.05, 4.69) is 6.26 Å². The Hall–Kier alpha value is -0.220. The molecule has 0 aromatic heterocycles. The lowest BCUT2D eigenvalue weighted by molar-refractivity contribution is -0.142. The van der Waals surface area contributed by atoms with Crippen LogP contribution in [0, 0.1) is 0 Å². The van der Waals surface area contributed by atoms with Crippen molar-refractivity contribution >= 4 is 17.7 Å². The van der Waals surface area contributed by atoms with Crippen molar-refractivity contribution < 1.29 is 9.90 Å². The zero-order valence-corrected chi connectivity index (χ0v) is 8.73. The zero-order chi connectivity index (χ0) is 9.56. The first-order chi connectivity index (χ1) is 5.59. The Kier molecular flexibility index (Phi) is 6.20. The van der Waals surface area contributed by atoms with Crippen LogP contribution in [0.15, 0.2) is 0 Å². The van der Waals surface area contributed by atoms with Gasteiger partial charge in [-0.3, -0.25) is 9.69 Å². The third-order valence-electron chi connectivity index (χ3n) is 1.88. The number of hydrogen-bond donors (Lipinski definition) is 1. The van der Waals surface area contributed by atoms with Gasteiger partial charge in [-0.25, -0.2) is 0 Å². The first-order valence-corrected chi connectivity index (χ1v) is 5.41. The molecule has 0 saturated carbocycles. The van der Waals surface area contributed by atoms with E-state index in [1.807, 2.05) is 11.9 Å². The largest absolute Gasteiger partial charge is 0.480 e. The number of hydrogen-bond acceptors (Lipinski definition) is 3. The quantitative estimate of drug-likeness (QED) is 0.639. The molecule has 0 heterocycles. The summed E-state index contributed by atoms with van der Waals surface area (Å²) in [5, 5.41) is 8.66. The molecule has 0 rings (SSSR count).